The van der Waals surface area contributed by atoms with Crippen molar-refractivity contribution in [2.45, 2.75) is 127 Å². The van der Waals surface area contributed by atoms with Crippen LogP contribution in [0.2, 0.25) is 0 Å². The lowest BCUT2D eigenvalue weighted by Gasteiger charge is -2.66. The summed E-state index contributed by atoms with van der Waals surface area (Å²) in [5, 5.41) is 18.9. The molecular weight excluding hydrogens is 592 g/mol. The number of aliphatic hydroxyl groups excluding tert-OH is 1. The maximum Gasteiger partial charge on any atom is 0.339 e. The van der Waals surface area contributed by atoms with E-state index in [9.17, 15) is 19.5 Å². The van der Waals surface area contributed by atoms with Gasteiger partial charge in [-0.1, -0.05) is 33.1 Å². The molecule has 7 fully saturated rings. The lowest BCUT2D eigenvalue weighted by molar-refractivity contribution is -0.252. The van der Waals surface area contributed by atoms with E-state index in [0.717, 1.165) is 50.2 Å². The number of cyclic esters (lactones) is 2. The van der Waals surface area contributed by atoms with Gasteiger partial charge < -0.3 is 39.1 Å². The van der Waals surface area contributed by atoms with Gasteiger partial charge in [-0.2, -0.15) is 0 Å². The molecule has 1 aromatic rings. The first kappa shape index (κ1) is 31.0. The van der Waals surface area contributed by atoms with Crippen LogP contribution < -0.4 is 10.6 Å². The summed E-state index contributed by atoms with van der Waals surface area (Å²) in [6, 6.07) is 2.47. The fourth-order valence-corrected chi connectivity index (χ4v) is 11.6. The molecule has 5 aliphatic heterocycles. The molecule has 2 aliphatic carbocycles. The van der Waals surface area contributed by atoms with Crippen LogP contribution in [0.15, 0.2) is 16.7 Å². The molecule has 2 spiro atoms. The van der Waals surface area contributed by atoms with Gasteiger partial charge in [0.25, 0.3) is 0 Å². The monoisotopic (exact) mass is 640 g/mol. The molecule has 8 rings (SSSR count). The third kappa shape index (κ3) is 3.86. The Morgan fingerprint density at radius 1 is 1.02 bits per heavy atom. The molecular formula is C35H48N2O9. The van der Waals surface area contributed by atoms with Crippen molar-refractivity contribution >= 4 is 17.7 Å². The zero-order valence-corrected chi connectivity index (χ0v) is 27.4. The van der Waals surface area contributed by atoms with Crippen molar-refractivity contribution in [3.05, 3.63) is 23.7 Å². The van der Waals surface area contributed by atoms with E-state index in [0.29, 0.717) is 18.9 Å². The molecule has 0 bridgehead atoms. The van der Waals surface area contributed by atoms with Gasteiger partial charge in [-0.25, -0.2) is 4.79 Å². The molecule has 252 valence electrons. The quantitative estimate of drug-likeness (QED) is 0.219. The molecule has 1 aromatic heterocycles. The minimum Gasteiger partial charge on any atom is -0.469 e. The molecule has 11 heteroatoms. The number of Topliss-reactive ketones (excluding diaryl/α,β-unsaturated/α-hetero) is 1. The number of hydrogen-bond donors (Lipinski definition) is 3. The highest BCUT2D eigenvalue weighted by molar-refractivity contribution is 5.92. The van der Waals surface area contributed by atoms with Crippen LogP contribution in [0.3, 0.4) is 0 Å². The summed E-state index contributed by atoms with van der Waals surface area (Å²) in [6.07, 6.45) is 5.81. The van der Waals surface area contributed by atoms with Gasteiger partial charge >= 0.3 is 11.9 Å². The van der Waals surface area contributed by atoms with Crippen LogP contribution in [-0.2, 0) is 39.8 Å². The van der Waals surface area contributed by atoms with E-state index in [2.05, 4.69) is 17.6 Å². The molecule has 0 unspecified atom stereocenters. The van der Waals surface area contributed by atoms with Crippen LogP contribution in [0.25, 0.3) is 0 Å². The second-order valence-corrected chi connectivity index (χ2v) is 16.1. The van der Waals surface area contributed by atoms with Gasteiger partial charge in [-0.15, -0.1) is 0 Å². The third-order valence-corrected chi connectivity index (χ3v) is 13.5. The van der Waals surface area contributed by atoms with Crippen LogP contribution >= 0.6 is 0 Å². The molecule has 11 atom stereocenters. The van der Waals surface area contributed by atoms with E-state index in [1.165, 1.54) is 12.8 Å². The number of aryl methyl sites for hydroxylation is 1. The molecule has 3 N–H and O–H groups in total. The van der Waals surface area contributed by atoms with Crippen molar-refractivity contribution in [1.29, 1.82) is 0 Å². The van der Waals surface area contributed by atoms with Crippen LogP contribution in [0.1, 0.15) is 96.5 Å². The van der Waals surface area contributed by atoms with E-state index in [1.54, 1.807) is 6.26 Å². The van der Waals surface area contributed by atoms with Gasteiger partial charge in [0.2, 0.25) is 0 Å². The molecule has 0 amide bonds. The first-order valence-corrected chi connectivity index (χ1v) is 17.4. The van der Waals surface area contributed by atoms with Gasteiger partial charge in [0.05, 0.1) is 30.3 Å². The summed E-state index contributed by atoms with van der Waals surface area (Å²) in [5.41, 5.74) is -3.89. The van der Waals surface area contributed by atoms with Crippen molar-refractivity contribution < 1.29 is 42.9 Å². The lowest BCUT2D eigenvalue weighted by atomic mass is 9.36. The Bertz CT molecular complexity index is 1440. The number of ketones is 1. The fourth-order valence-electron chi connectivity index (χ4n) is 11.6. The average Bonchev–Trinajstić information content (AvgIpc) is 3.26. The van der Waals surface area contributed by atoms with Crippen molar-refractivity contribution in [1.82, 2.24) is 10.6 Å². The summed E-state index contributed by atoms with van der Waals surface area (Å²) in [6.45, 7) is 9.73. The fraction of sp³-hybridized carbons (Fsp3) is 0.800. The Morgan fingerprint density at radius 2 is 1.83 bits per heavy atom. The molecule has 6 heterocycles. The topological polar surface area (TPSA) is 149 Å². The van der Waals surface area contributed by atoms with Crippen molar-refractivity contribution in [2.24, 2.45) is 28.1 Å². The number of epoxide rings is 1. The van der Waals surface area contributed by atoms with Crippen molar-refractivity contribution in [2.75, 3.05) is 19.8 Å². The van der Waals surface area contributed by atoms with Crippen LogP contribution in [0, 0.1) is 28.1 Å². The Labute approximate surface area is 269 Å². The number of furan rings is 1. The van der Waals surface area contributed by atoms with Crippen LogP contribution in [-0.4, -0.2) is 78.2 Å². The summed E-state index contributed by atoms with van der Waals surface area (Å²) < 4.78 is 31.0. The predicted molar refractivity (Wildman–Crippen MR) is 162 cm³/mol. The Hall–Kier alpha value is -2.31. The maximum atomic E-state index is 14.4. The maximum absolute atomic E-state index is 14.4. The lowest BCUT2D eigenvalue weighted by Crippen LogP contribution is -2.76. The Kier molecular flexibility index (Phi) is 6.97. The molecule has 5 saturated heterocycles. The van der Waals surface area contributed by atoms with E-state index < -0.39 is 63.8 Å². The summed E-state index contributed by atoms with van der Waals surface area (Å²) in [5.74, 6) is -1.27. The minimum atomic E-state index is -1.39. The molecule has 2 saturated carbocycles. The van der Waals surface area contributed by atoms with E-state index in [-0.39, 0.29) is 30.7 Å². The van der Waals surface area contributed by atoms with Crippen LogP contribution in [0.4, 0.5) is 0 Å². The van der Waals surface area contributed by atoms with Gasteiger partial charge in [0.1, 0.15) is 30.2 Å². The standard InChI is InChI=1S/C35H48N2O9/c1-31(2)26-25(39)27(40)33(4)22(34(26)17-43-24(38)15-23(34)45-31)11-13-32(3)28(44-30(41)29-35(32,33)46-29)20-12-14-42-21(20)10-8-6-5-7-9-19-16-36-18-37-19/h12,14,19,22-23,26-29,36-37,40H,5-11,13,15-18H2,1-4H3/t19-,22+,23+,26-,27-,28+,29-,32+,33+,34+,35-/m1/s1. The van der Waals surface area contributed by atoms with Gasteiger partial charge in [-0.3, -0.25) is 9.59 Å². The van der Waals surface area contributed by atoms with Crippen LogP contribution in [0.5, 0.6) is 0 Å². The van der Waals surface area contributed by atoms with Crippen molar-refractivity contribution in [3.8, 4) is 0 Å². The van der Waals surface area contributed by atoms with E-state index in [4.69, 9.17) is 23.4 Å². The van der Waals surface area contributed by atoms with Gasteiger partial charge in [0, 0.05) is 47.5 Å². The second-order valence-electron chi connectivity index (χ2n) is 16.1. The SMILES string of the molecule is CC1(C)O[C@H]2CC(=O)OC[C@@]23[C@@H]1C(=O)[C@@H](O)[C@]1(C)[C@@H]3CC[C@@]2(C)[C@H](c3ccoc3CCCCCC[C@@H]3CNCN3)OC(=O)[C@H]3O[C@@]312. The molecule has 11 nitrogen and oxygen atoms in total. The third-order valence-electron chi connectivity index (χ3n) is 13.5. The first-order valence-electron chi connectivity index (χ1n) is 17.4. The summed E-state index contributed by atoms with van der Waals surface area (Å²) in [7, 11) is 0. The summed E-state index contributed by atoms with van der Waals surface area (Å²) >= 11 is 0. The number of carbonyl (C=O) groups excluding carboxylic acids is 3. The number of fused-ring (bicyclic) bond motifs is 1. The number of aliphatic hydroxyl groups is 1. The highest BCUT2D eigenvalue weighted by Gasteiger charge is 2.90. The summed E-state index contributed by atoms with van der Waals surface area (Å²) in [4.78, 5) is 40.6. The highest BCUT2D eigenvalue weighted by Crippen LogP contribution is 2.80. The predicted octanol–water partition coefficient (Wildman–Crippen LogP) is 3.12. The number of rotatable bonds is 8. The number of esters is 2. The largest absolute Gasteiger partial charge is 0.469 e. The zero-order chi connectivity index (χ0) is 32.3. The van der Waals surface area contributed by atoms with Gasteiger partial charge in [-0.05, 0) is 51.5 Å². The number of carbonyl (C=O) groups is 3. The number of nitrogens with one attached hydrogen (secondary N) is 2. The molecule has 46 heavy (non-hydrogen) atoms. The van der Waals surface area contributed by atoms with E-state index >= 15 is 0 Å². The molecule has 0 aromatic carbocycles. The minimum absolute atomic E-state index is 0.0502. The number of ether oxygens (including phenoxy) is 4. The second kappa shape index (κ2) is 10.3. The smallest absolute Gasteiger partial charge is 0.339 e. The first-order chi connectivity index (χ1) is 21.9. The van der Waals surface area contributed by atoms with Crippen molar-refractivity contribution in [3.63, 3.8) is 0 Å². The number of unbranched alkanes of at least 4 members (excludes halogenated alkanes) is 3. The molecule has 0 radical (unpaired) electrons. The Morgan fingerprint density at radius 3 is 2.61 bits per heavy atom. The Balaban J connectivity index is 1.09. The highest BCUT2D eigenvalue weighted by atomic mass is 16.7. The van der Waals surface area contributed by atoms with E-state index in [1.807, 2.05) is 26.8 Å². The van der Waals surface area contributed by atoms with Gasteiger partial charge in [0.15, 0.2) is 11.9 Å². The average molecular weight is 641 g/mol. The zero-order valence-electron chi connectivity index (χ0n) is 27.4. The molecule has 7 aliphatic rings. The number of hydrogen-bond acceptors (Lipinski definition) is 11. The normalized spacial score (nSPS) is 46.8.